The molecule has 1 aromatic rings. The van der Waals surface area contributed by atoms with Crippen molar-refractivity contribution in [3.63, 3.8) is 0 Å². The van der Waals surface area contributed by atoms with Gasteiger partial charge in [-0.15, -0.1) is 0 Å². The molecule has 0 unspecified atom stereocenters. The summed E-state index contributed by atoms with van der Waals surface area (Å²) in [6, 6.07) is 8.25. The minimum atomic E-state index is 0.210. The number of benzene rings is 1. The van der Waals surface area contributed by atoms with Gasteiger partial charge in [-0.2, -0.15) is 5.10 Å². The molecule has 0 radical (unpaired) electrons. The fraction of sp³-hybridized carbons (Fsp3) is 0.462. The summed E-state index contributed by atoms with van der Waals surface area (Å²) in [4.78, 5) is 0. The van der Waals surface area contributed by atoms with E-state index in [9.17, 15) is 0 Å². The number of hydrogen-bond donors (Lipinski definition) is 1. The molecule has 0 aliphatic heterocycles. The second kappa shape index (κ2) is 6.16. The molecule has 0 amide bonds. The van der Waals surface area contributed by atoms with Crippen molar-refractivity contribution in [3.05, 3.63) is 29.8 Å². The third kappa shape index (κ3) is 4.82. The van der Waals surface area contributed by atoms with Gasteiger partial charge >= 0.3 is 0 Å². The maximum absolute atomic E-state index is 5.55. The highest BCUT2D eigenvalue weighted by molar-refractivity contribution is 5.79. The second-order valence-electron chi connectivity index (χ2n) is 4.28. The monoisotopic (exact) mass is 220 g/mol. The Morgan fingerprint density at radius 3 is 2.25 bits per heavy atom. The Bertz CT molecular complexity index is 328. The van der Waals surface area contributed by atoms with Gasteiger partial charge in [0, 0.05) is 6.04 Å². The molecule has 0 aliphatic carbocycles. The van der Waals surface area contributed by atoms with E-state index in [4.69, 9.17) is 4.74 Å². The zero-order valence-corrected chi connectivity index (χ0v) is 10.4. The van der Waals surface area contributed by atoms with Crippen molar-refractivity contribution in [3.8, 4) is 5.75 Å². The van der Waals surface area contributed by atoms with E-state index in [1.165, 1.54) is 0 Å². The van der Waals surface area contributed by atoms with Crippen LogP contribution in [0.25, 0.3) is 0 Å². The number of ether oxygens (including phenoxy) is 1. The summed E-state index contributed by atoms with van der Waals surface area (Å²) in [6.07, 6.45) is 2.02. The van der Waals surface area contributed by atoms with Crippen LogP contribution in [-0.2, 0) is 0 Å². The largest absolute Gasteiger partial charge is 0.491 e. The molecule has 0 aliphatic rings. The van der Waals surface area contributed by atoms with Crippen molar-refractivity contribution in [2.45, 2.75) is 39.8 Å². The molecule has 0 bridgehead atoms. The molecule has 16 heavy (non-hydrogen) atoms. The molecule has 88 valence electrons. The lowest BCUT2D eigenvalue weighted by molar-refractivity contribution is 0.242. The van der Waals surface area contributed by atoms with Gasteiger partial charge in [0.25, 0.3) is 0 Å². The van der Waals surface area contributed by atoms with E-state index in [-0.39, 0.29) is 6.10 Å². The van der Waals surface area contributed by atoms with Crippen molar-refractivity contribution in [2.75, 3.05) is 0 Å². The van der Waals surface area contributed by atoms with Crippen molar-refractivity contribution in [2.24, 2.45) is 5.10 Å². The Morgan fingerprint density at radius 2 is 1.75 bits per heavy atom. The Balaban J connectivity index is 2.54. The number of hydrogen-bond acceptors (Lipinski definition) is 3. The first-order valence-corrected chi connectivity index (χ1v) is 5.63. The van der Waals surface area contributed by atoms with Gasteiger partial charge < -0.3 is 10.2 Å². The predicted octanol–water partition coefficient (Wildman–Crippen LogP) is 2.81. The second-order valence-corrected chi connectivity index (χ2v) is 4.28. The average molecular weight is 220 g/mol. The SMILES string of the molecule is CC(C)N/N=C/c1ccc(OC(C)C)cc1. The van der Waals surface area contributed by atoms with E-state index in [2.05, 4.69) is 24.4 Å². The Kier molecular flexibility index (Phi) is 4.83. The molecule has 0 heterocycles. The average Bonchev–Trinajstić information content (AvgIpc) is 2.19. The summed E-state index contributed by atoms with van der Waals surface area (Å²) < 4.78 is 5.55. The predicted molar refractivity (Wildman–Crippen MR) is 68.1 cm³/mol. The normalized spacial score (nSPS) is 11.4. The molecule has 1 aromatic carbocycles. The summed E-state index contributed by atoms with van der Waals surface area (Å²) in [5.74, 6) is 0.893. The van der Waals surface area contributed by atoms with Crippen LogP contribution in [0.15, 0.2) is 29.4 Å². The lowest BCUT2D eigenvalue weighted by atomic mass is 10.2. The van der Waals surface area contributed by atoms with Gasteiger partial charge in [0.15, 0.2) is 0 Å². The Labute approximate surface area is 97.5 Å². The van der Waals surface area contributed by atoms with E-state index in [1.54, 1.807) is 6.21 Å². The van der Waals surface area contributed by atoms with Crippen LogP contribution in [0.1, 0.15) is 33.3 Å². The first-order chi connectivity index (χ1) is 7.58. The van der Waals surface area contributed by atoms with Crippen molar-refractivity contribution in [1.29, 1.82) is 0 Å². The van der Waals surface area contributed by atoms with Gasteiger partial charge in [0.05, 0.1) is 12.3 Å². The van der Waals surface area contributed by atoms with Crippen LogP contribution >= 0.6 is 0 Å². The van der Waals surface area contributed by atoms with Gasteiger partial charge in [-0.25, -0.2) is 0 Å². The van der Waals surface area contributed by atoms with E-state index in [0.717, 1.165) is 11.3 Å². The summed E-state index contributed by atoms with van der Waals surface area (Å²) in [6.45, 7) is 8.14. The number of hydrazone groups is 1. The zero-order valence-electron chi connectivity index (χ0n) is 10.4. The molecular formula is C13H20N2O. The number of nitrogens with one attached hydrogen (secondary N) is 1. The van der Waals surface area contributed by atoms with Gasteiger partial charge in [-0.05, 0) is 57.5 Å². The van der Waals surface area contributed by atoms with E-state index in [1.807, 2.05) is 38.1 Å². The zero-order chi connectivity index (χ0) is 12.0. The number of nitrogens with zero attached hydrogens (tertiary/aromatic N) is 1. The van der Waals surface area contributed by atoms with E-state index in [0.29, 0.717) is 6.04 Å². The van der Waals surface area contributed by atoms with Gasteiger partial charge in [-0.3, -0.25) is 0 Å². The van der Waals surface area contributed by atoms with Gasteiger partial charge in [0.1, 0.15) is 5.75 Å². The fourth-order valence-corrected chi connectivity index (χ4v) is 1.17. The molecule has 3 nitrogen and oxygen atoms in total. The van der Waals surface area contributed by atoms with Gasteiger partial charge in [-0.1, -0.05) is 0 Å². The highest BCUT2D eigenvalue weighted by atomic mass is 16.5. The highest BCUT2D eigenvalue weighted by Crippen LogP contribution is 2.12. The third-order valence-electron chi connectivity index (χ3n) is 1.80. The van der Waals surface area contributed by atoms with Crippen molar-refractivity contribution in [1.82, 2.24) is 5.43 Å². The lowest BCUT2D eigenvalue weighted by Crippen LogP contribution is -2.15. The van der Waals surface area contributed by atoms with Crippen LogP contribution in [0.2, 0.25) is 0 Å². The molecule has 0 aromatic heterocycles. The fourth-order valence-electron chi connectivity index (χ4n) is 1.17. The van der Waals surface area contributed by atoms with Crippen LogP contribution in [0, 0.1) is 0 Å². The first kappa shape index (κ1) is 12.6. The summed E-state index contributed by atoms with van der Waals surface area (Å²) in [5, 5.41) is 4.12. The van der Waals surface area contributed by atoms with Crippen LogP contribution < -0.4 is 10.2 Å². The van der Waals surface area contributed by atoms with Crippen LogP contribution in [0.3, 0.4) is 0 Å². The quantitative estimate of drug-likeness (QED) is 0.611. The number of rotatable bonds is 5. The summed E-state index contributed by atoms with van der Waals surface area (Å²) in [5.41, 5.74) is 4.04. The van der Waals surface area contributed by atoms with Crippen molar-refractivity contribution < 1.29 is 4.74 Å². The Hall–Kier alpha value is -1.51. The topological polar surface area (TPSA) is 33.6 Å². The Morgan fingerprint density at radius 1 is 1.12 bits per heavy atom. The molecule has 0 saturated heterocycles. The molecule has 1 N–H and O–H groups in total. The molecule has 0 saturated carbocycles. The lowest BCUT2D eigenvalue weighted by Gasteiger charge is -2.09. The minimum Gasteiger partial charge on any atom is -0.491 e. The van der Waals surface area contributed by atoms with E-state index < -0.39 is 0 Å². The first-order valence-electron chi connectivity index (χ1n) is 5.63. The van der Waals surface area contributed by atoms with Crippen LogP contribution in [0.4, 0.5) is 0 Å². The van der Waals surface area contributed by atoms with Crippen LogP contribution in [-0.4, -0.2) is 18.4 Å². The maximum Gasteiger partial charge on any atom is 0.119 e. The van der Waals surface area contributed by atoms with E-state index >= 15 is 0 Å². The standard InChI is InChI=1S/C13H20N2O/c1-10(2)15-14-9-12-5-7-13(8-6-12)16-11(3)4/h5-11,15H,1-4H3/b14-9+. The molecule has 0 atom stereocenters. The molecule has 0 spiro atoms. The smallest absolute Gasteiger partial charge is 0.119 e. The summed E-state index contributed by atoms with van der Waals surface area (Å²) in [7, 11) is 0. The molecular weight excluding hydrogens is 200 g/mol. The summed E-state index contributed by atoms with van der Waals surface area (Å²) >= 11 is 0. The minimum absolute atomic E-state index is 0.210. The van der Waals surface area contributed by atoms with Crippen LogP contribution in [0.5, 0.6) is 5.75 Å². The van der Waals surface area contributed by atoms with Crippen molar-refractivity contribution >= 4 is 6.21 Å². The van der Waals surface area contributed by atoms with Gasteiger partial charge in [0.2, 0.25) is 0 Å². The highest BCUT2D eigenvalue weighted by Gasteiger charge is 1.96. The molecule has 1 rings (SSSR count). The maximum atomic E-state index is 5.55. The molecule has 0 fully saturated rings. The molecule has 3 heteroatoms. The third-order valence-corrected chi connectivity index (χ3v) is 1.80.